The molecule has 0 radical (unpaired) electrons. The van der Waals surface area contributed by atoms with E-state index in [9.17, 15) is 14.9 Å². The summed E-state index contributed by atoms with van der Waals surface area (Å²) in [5, 5.41) is 10.8. The minimum Gasteiger partial charge on any atom is -0.493 e. The average Bonchev–Trinajstić information content (AvgIpc) is 3.19. The van der Waals surface area contributed by atoms with Crippen LogP contribution >= 0.6 is 0 Å². The maximum absolute atomic E-state index is 12.3. The number of carbonyl (C=O) groups is 1. The molecule has 3 aromatic rings. The second-order valence-corrected chi connectivity index (χ2v) is 7.27. The van der Waals surface area contributed by atoms with Gasteiger partial charge in [0.1, 0.15) is 6.61 Å². The number of nitrogens with zero attached hydrogens (tertiary/aromatic N) is 2. The van der Waals surface area contributed by atoms with Crippen LogP contribution in [-0.4, -0.2) is 23.9 Å². The molecule has 33 heavy (non-hydrogen) atoms. The van der Waals surface area contributed by atoms with Crippen molar-refractivity contribution in [1.82, 2.24) is 0 Å². The van der Waals surface area contributed by atoms with Crippen molar-refractivity contribution in [3.63, 3.8) is 0 Å². The Balaban J connectivity index is 1.53. The smallest absolute Gasteiger partial charge is 0.363 e. The Morgan fingerprint density at radius 3 is 2.52 bits per heavy atom. The molecule has 0 aromatic heterocycles. The van der Waals surface area contributed by atoms with Gasteiger partial charge in [0.25, 0.3) is 5.69 Å². The number of ether oxygens (including phenoxy) is 3. The third-order valence-corrected chi connectivity index (χ3v) is 5.08. The van der Waals surface area contributed by atoms with Gasteiger partial charge in [-0.15, -0.1) is 0 Å². The van der Waals surface area contributed by atoms with Gasteiger partial charge in [0.15, 0.2) is 17.2 Å². The fourth-order valence-corrected chi connectivity index (χ4v) is 3.24. The quantitative estimate of drug-likeness (QED) is 0.224. The third kappa shape index (κ3) is 4.90. The van der Waals surface area contributed by atoms with Gasteiger partial charge >= 0.3 is 5.97 Å². The first-order chi connectivity index (χ1) is 15.9. The summed E-state index contributed by atoms with van der Waals surface area (Å²) in [7, 11) is 1.54. The highest BCUT2D eigenvalue weighted by molar-refractivity contribution is 6.12. The summed E-state index contributed by atoms with van der Waals surface area (Å²) in [6.07, 6.45) is 1.58. The molecule has 0 amide bonds. The fourth-order valence-electron chi connectivity index (χ4n) is 3.24. The lowest BCUT2D eigenvalue weighted by Crippen LogP contribution is -2.05. The first-order valence-electron chi connectivity index (χ1n) is 10.1. The van der Waals surface area contributed by atoms with Crippen molar-refractivity contribution in [1.29, 1.82) is 0 Å². The topological polar surface area (TPSA) is 100 Å². The number of esters is 1. The first-order valence-corrected chi connectivity index (χ1v) is 10.1. The number of methoxy groups -OCH3 is 1. The maximum atomic E-state index is 12.3. The molecule has 0 atom stereocenters. The average molecular weight is 444 g/mol. The molecule has 3 aromatic carbocycles. The van der Waals surface area contributed by atoms with Gasteiger partial charge in [0.05, 0.1) is 12.0 Å². The zero-order chi connectivity index (χ0) is 23.4. The summed E-state index contributed by atoms with van der Waals surface area (Å²) in [5.41, 5.74) is 3.41. The van der Waals surface area contributed by atoms with Gasteiger partial charge in [0, 0.05) is 17.7 Å². The zero-order valence-electron chi connectivity index (χ0n) is 18.0. The number of hydrogen-bond donors (Lipinski definition) is 0. The van der Waals surface area contributed by atoms with Crippen LogP contribution in [0.4, 0.5) is 5.69 Å². The third-order valence-electron chi connectivity index (χ3n) is 5.08. The number of carbonyl (C=O) groups excluding carboxylic acids is 1. The van der Waals surface area contributed by atoms with Crippen LogP contribution in [0.2, 0.25) is 0 Å². The van der Waals surface area contributed by atoms with Crippen LogP contribution in [0.25, 0.3) is 6.08 Å². The molecule has 1 heterocycles. The standard InChI is InChI=1S/C25H20N2O6/c1-16-5-3-4-6-19(16)15-32-22-12-7-17(14-23(22)31-2)13-21-25(28)33-24(26-21)18-8-10-20(11-9-18)27(29)30/h3-14H,15H2,1-2H3/b21-13-. The second-order valence-electron chi connectivity index (χ2n) is 7.27. The largest absolute Gasteiger partial charge is 0.493 e. The van der Waals surface area contributed by atoms with E-state index in [0.29, 0.717) is 29.2 Å². The molecule has 0 saturated heterocycles. The van der Waals surface area contributed by atoms with Crippen molar-refractivity contribution in [3.8, 4) is 11.5 Å². The minimum absolute atomic E-state index is 0.0590. The summed E-state index contributed by atoms with van der Waals surface area (Å²) < 4.78 is 16.6. The number of aliphatic imine (C=N–C) groups is 1. The van der Waals surface area contributed by atoms with Crippen molar-refractivity contribution in [2.45, 2.75) is 13.5 Å². The maximum Gasteiger partial charge on any atom is 0.363 e. The van der Waals surface area contributed by atoms with E-state index in [4.69, 9.17) is 14.2 Å². The predicted molar refractivity (Wildman–Crippen MR) is 122 cm³/mol. The van der Waals surface area contributed by atoms with Crippen LogP contribution in [0.15, 0.2) is 77.4 Å². The highest BCUT2D eigenvalue weighted by atomic mass is 16.6. The normalized spacial score (nSPS) is 14.1. The van der Waals surface area contributed by atoms with Crippen molar-refractivity contribution in [2.24, 2.45) is 4.99 Å². The van der Waals surface area contributed by atoms with Crippen LogP contribution in [0.5, 0.6) is 11.5 Å². The minimum atomic E-state index is -0.609. The van der Waals surface area contributed by atoms with Crippen LogP contribution < -0.4 is 9.47 Å². The van der Waals surface area contributed by atoms with E-state index >= 15 is 0 Å². The summed E-state index contributed by atoms with van der Waals surface area (Å²) in [5.74, 6) is 0.573. The lowest BCUT2D eigenvalue weighted by atomic mass is 10.1. The van der Waals surface area contributed by atoms with E-state index in [1.54, 1.807) is 31.4 Å². The Hall–Kier alpha value is -4.46. The van der Waals surface area contributed by atoms with Crippen molar-refractivity contribution < 1.29 is 23.9 Å². The Morgan fingerprint density at radius 1 is 1.06 bits per heavy atom. The highest BCUT2D eigenvalue weighted by Crippen LogP contribution is 2.31. The van der Waals surface area contributed by atoms with Crippen molar-refractivity contribution in [2.75, 3.05) is 7.11 Å². The lowest BCUT2D eigenvalue weighted by molar-refractivity contribution is -0.384. The number of nitro benzene ring substituents is 1. The van der Waals surface area contributed by atoms with Crippen LogP contribution in [0.1, 0.15) is 22.3 Å². The summed E-state index contributed by atoms with van der Waals surface area (Å²) in [4.78, 5) is 26.8. The Morgan fingerprint density at radius 2 is 1.82 bits per heavy atom. The Kier molecular flexibility index (Phi) is 6.17. The van der Waals surface area contributed by atoms with Crippen LogP contribution in [-0.2, 0) is 16.1 Å². The van der Waals surface area contributed by atoms with Gasteiger partial charge in [-0.25, -0.2) is 9.79 Å². The lowest BCUT2D eigenvalue weighted by Gasteiger charge is -2.12. The summed E-state index contributed by atoms with van der Waals surface area (Å²) in [6, 6.07) is 18.9. The molecule has 166 valence electrons. The Bertz CT molecular complexity index is 1280. The van der Waals surface area contributed by atoms with E-state index in [-0.39, 0.29) is 17.3 Å². The SMILES string of the molecule is COc1cc(/C=C2\N=C(c3ccc([N+](=O)[O-])cc3)OC2=O)ccc1OCc1ccccc1C. The zero-order valence-corrected chi connectivity index (χ0v) is 18.0. The number of rotatable bonds is 7. The van der Waals surface area contributed by atoms with Crippen molar-refractivity contribution >= 4 is 23.6 Å². The molecule has 1 aliphatic heterocycles. The molecule has 8 nitrogen and oxygen atoms in total. The van der Waals surface area contributed by atoms with Gasteiger partial charge in [-0.05, 0) is 54.0 Å². The van der Waals surface area contributed by atoms with Crippen LogP contribution in [0, 0.1) is 17.0 Å². The van der Waals surface area contributed by atoms with E-state index in [2.05, 4.69) is 4.99 Å². The molecule has 1 aliphatic rings. The number of nitro groups is 1. The summed E-state index contributed by atoms with van der Waals surface area (Å²) in [6.45, 7) is 2.43. The molecule has 0 spiro atoms. The number of benzene rings is 3. The van der Waals surface area contributed by atoms with E-state index in [1.165, 1.54) is 24.3 Å². The summed E-state index contributed by atoms with van der Waals surface area (Å²) >= 11 is 0. The van der Waals surface area contributed by atoms with Crippen LogP contribution in [0.3, 0.4) is 0 Å². The van der Waals surface area contributed by atoms with Gasteiger partial charge in [-0.1, -0.05) is 30.3 Å². The molecule has 0 aliphatic carbocycles. The van der Waals surface area contributed by atoms with E-state index in [1.807, 2.05) is 31.2 Å². The second kappa shape index (κ2) is 9.35. The molecule has 8 heteroatoms. The van der Waals surface area contributed by atoms with E-state index in [0.717, 1.165) is 11.1 Å². The number of aryl methyl sites for hydroxylation is 1. The molecule has 0 N–H and O–H groups in total. The molecule has 0 bridgehead atoms. The van der Waals surface area contributed by atoms with E-state index < -0.39 is 10.9 Å². The molecular formula is C25H20N2O6. The fraction of sp³-hybridized carbons (Fsp3) is 0.120. The monoisotopic (exact) mass is 444 g/mol. The van der Waals surface area contributed by atoms with Gasteiger partial charge < -0.3 is 14.2 Å². The predicted octanol–water partition coefficient (Wildman–Crippen LogP) is 4.84. The molecule has 0 fully saturated rings. The van der Waals surface area contributed by atoms with Crippen molar-refractivity contribution in [3.05, 3.63) is 105 Å². The molecule has 0 saturated carbocycles. The molecular weight excluding hydrogens is 424 g/mol. The van der Waals surface area contributed by atoms with Gasteiger partial charge in [-0.2, -0.15) is 0 Å². The Labute approximate surface area is 189 Å². The number of cyclic esters (lactones) is 1. The highest BCUT2D eigenvalue weighted by Gasteiger charge is 2.24. The van der Waals surface area contributed by atoms with Gasteiger partial charge in [-0.3, -0.25) is 10.1 Å². The molecule has 0 unspecified atom stereocenters. The number of hydrogen-bond acceptors (Lipinski definition) is 7. The van der Waals surface area contributed by atoms with Gasteiger partial charge in [0.2, 0.25) is 5.90 Å². The number of non-ortho nitro benzene ring substituents is 1. The first kappa shape index (κ1) is 21.8. The molecule has 4 rings (SSSR count).